The minimum atomic E-state index is 0.0340. The number of aryl methyl sites for hydroxylation is 2. The number of likely N-dealkylation sites (N-methyl/N-ethyl adjacent to an activating group) is 1. The number of hydrogen-bond acceptors (Lipinski definition) is 2. The summed E-state index contributed by atoms with van der Waals surface area (Å²) in [6, 6.07) is 10.6. The molecule has 0 radical (unpaired) electrons. The van der Waals surface area contributed by atoms with E-state index < -0.39 is 0 Å². The molecule has 1 unspecified atom stereocenters. The van der Waals surface area contributed by atoms with Crippen LogP contribution in [0.2, 0.25) is 0 Å². The molecule has 1 heterocycles. The van der Waals surface area contributed by atoms with E-state index in [1.165, 1.54) is 22.3 Å². The number of halogens is 1. The lowest BCUT2D eigenvalue weighted by atomic mass is 10.0. The van der Waals surface area contributed by atoms with Gasteiger partial charge in [-0.1, -0.05) is 18.2 Å². The highest BCUT2D eigenvalue weighted by molar-refractivity contribution is 6.21. The summed E-state index contributed by atoms with van der Waals surface area (Å²) in [5, 5.41) is 0.0340. The molecular weight excluding hydrogens is 280 g/mol. The number of aromatic nitrogens is 1. The maximum Gasteiger partial charge on any atom is 0.0712 e. The van der Waals surface area contributed by atoms with E-state index >= 15 is 0 Å². The van der Waals surface area contributed by atoms with Gasteiger partial charge in [0.2, 0.25) is 0 Å². The zero-order valence-electron chi connectivity index (χ0n) is 13.0. The van der Waals surface area contributed by atoms with Gasteiger partial charge in [-0.15, -0.1) is 11.6 Å². The van der Waals surface area contributed by atoms with Gasteiger partial charge in [-0.25, -0.2) is 0 Å². The van der Waals surface area contributed by atoms with Gasteiger partial charge in [0, 0.05) is 25.5 Å². The first-order chi connectivity index (χ1) is 10.1. The Morgan fingerprint density at radius 1 is 1.10 bits per heavy atom. The van der Waals surface area contributed by atoms with Crippen molar-refractivity contribution in [2.75, 3.05) is 20.1 Å². The van der Waals surface area contributed by atoms with Gasteiger partial charge >= 0.3 is 0 Å². The number of benzene rings is 1. The molecule has 1 atom stereocenters. The number of hydrogen-bond donors (Lipinski definition) is 0. The summed E-state index contributed by atoms with van der Waals surface area (Å²) < 4.78 is 0. The van der Waals surface area contributed by atoms with Crippen molar-refractivity contribution in [3.63, 3.8) is 0 Å². The van der Waals surface area contributed by atoms with Crippen LogP contribution in [0.15, 0.2) is 42.7 Å². The quantitative estimate of drug-likeness (QED) is 0.745. The van der Waals surface area contributed by atoms with Crippen molar-refractivity contribution in [2.24, 2.45) is 0 Å². The van der Waals surface area contributed by atoms with Gasteiger partial charge in [0.1, 0.15) is 0 Å². The Kier molecular flexibility index (Phi) is 5.77. The van der Waals surface area contributed by atoms with E-state index in [4.69, 9.17) is 11.6 Å². The summed E-state index contributed by atoms with van der Waals surface area (Å²) in [6.07, 6.45) is 4.71. The Morgan fingerprint density at radius 3 is 2.48 bits per heavy atom. The molecule has 0 aliphatic carbocycles. The van der Waals surface area contributed by atoms with Gasteiger partial charge in [0.15, 0.2) is 0 Å². The fourth-order valence-corrected chi connectivity index (χ4v) is 2.67. The molecule has 0 spiro atoms. The SMILES string of the molecule is Cc1ccc(C(Cl)CN(C)CCc2ccncc2)cc1C. The Bertz CT molecular complexity index is 569. The van der Waals surface area contributed by atoms with Crippen molar-refractivity contribution in [2.45, 2.75) is 25.6 Å². The van der Waals surface area contributed by atoms with E-state index in [2.05, 4.69) is 61.1 Å². The Labute approximate surface area is 132 Å². The van der Waals surface area contributed by atoms with Crippen LogP contribution < -0.4 is 0 Å². The maximum atomic E-state index is 6.56. The summed E-state index contributed by atoms with van der Waals surface area (Å²) in [5.74, 6) is 0. The predicted molar refractivity (Wildman–Crippen MR) is 89.9 cm³/mol. The van der Waals surface area contributed by atoms with Crippen LogP contribution in [0.25, 0.3) is 0 Å². The normalized spacial score (nSPS) is 12.6. The largest absolute Gasteiger partial charge is 0.304 e. The molecule has 0 aliphatic heterocycles. The fourth-order valence-electron chi connectivity index (χ4n) is 2.30. The van der Waals surface area contributed by atoms with Crippen LogP contribution in [0, 0.1) is 13.8 Å². The second-order valence-electron chi connectivity index (χ2n) is 5.68. The first-order valence-corrected chi connectivity index (χ1v) is 7.78. The van der Waals surface area contributed by atoms with Crippen LogP contribution in [0.1, 0.15) is 27.6 Å². The van der Waals surface area contributed by atoms with Gasteiger partial charge in [0.25, 0.3) is 0 Å². The van der Waals surface area contributed by atoms with Crippen LogP contribution in [0.5, 0.6) is 0 Å². The van der Waals surface area contributed by atoms with Crippen LogP contribution in [-0.4, -0.2) is 30.0 Å². The van der Waals surface area contributed by atoms with Crippen LogP contribution >= 0.6 is 11.6 Å². The maximum absolute atomic E-state index is 6.56. The third kappa shape index (κ3) is 4.83. The highest BCUT2D eigenvalue weighted by Gasteiger charge is 2.11. The topological polar surface area (TPSA) is 16.1 Å². The summed E-state index contributed by atoms with van der Waals surface area (Å²) >= 11 is 6.56. The number of nitrogens with zero attached hydrogens (tertiary/aromatic N) is 2. The lowest BCUT2D eigenvalue weighted by molar-refractivity contribution is 0.338. The van der Waals surface area contributed by atoms with Crippen LogP contribution in [0.4, 0.5) is 0 Å². The molecule has 2 nitrogen and oxygen atoms in total. The molecule has 112 valence electrons. The molecule has 2 rings (SSSR count). The molecule has 2 aromatic rings. The van der Waals surface area contributed by atoms with Gasteiger partial charge < -0.3 is 4.90 Å². The van der Waals surface area contributed by atoms with E-state index in [1.54, 1.807) is 0 Å². The highest BCUT2D eigenvalue weighted by atomic mass is 35.5. The third-order valence-corrected chi connectivity index (χ3v) is 4.29. The van der Waals surface area contributed by atoms with Gasteiger partial charge in [-0.3, -0.25) is 4.98 Å². The summed E-state index contributed by atoms with van der Waals surface area (Å²) in [6.45, 7) is 6.12. The summed E-state index contributed by atoms with van der Waals surface area (Å²) in [7, 11) is 2.12. The molecular formula is C18H23ClN2. The number of rotatable bonds is 6. The van der Waals surface area contributed by atoms with Gasteiger partial charge in [-0.05, 0) is 61.7 Å². The predicted octanol–water partition coefficient (Wildman–Crippen LogP) is 4.15. The number of pyridine rings is 1. The van der Waals surface area contributed by atoms with Crippen molar-refractivity contribution in [1.82, 2.24) is 9.88 Å². The van der Waals surface area contributed by atoms with Gasteiger partial charge in [0.05, 0.1) is 5.38 Å². The molecule has 3 heteroatoms. The van der Waals surface area contributed by atoms with Crippen LogP contribution in [0.3, 0.4) is 0 Å². The van der Waals surface area contributed by atoms with E-state index in [9.17, 15) is 0 Å². The smallest absolute Gasteiger partial charge is 0.0712 e. The van der Waals surface area contributed by atoms with Crippen molar-refractivity contribution >= 4 is 11.6 Å². The average Bonchev–Trinajstić information content (AvgIpc) is 2.49. The minimum Gasteiger partial charge on any atom is -0.304 e. The van der Waals surface area contributed by atoms with Crippen molar-refractivity contribution in [1.29, 1.82) is 0 Å². The first-order valence-electron chi connectivity index (χ1n) is 7.35. The lowest BCUT2D eigenvalue weighted by Crippen LogP contribution is -2.25. The molecule has 1 aromatic heterocycles. The molecule has 1 aromatic carbocycles. The minimum absolute atomic E-state index is 0.0340. The average molecular weight is 303 g/mol. The second kappa shape index (κ2) is 7.58. The van der Waals surface area contributed by atoms with Crippen molar-refractivity contribution in [3.8, 4) is 0 Å². The summed E-state index contributed by atoms with van der Waals surface area (Å²) in [4.78, 5) is 6.33. The number of alkyl halides is 1. The Hall–Kier alpha value is -1.38. The van der Waals surface area contributed by atoms with Gasteiger partial charge in [-0.2, -0.15) is 0 Å². The van der Waals surface area contributed by atoms with Crippen molar-refractivity contribution in [3.05, 3.63) is 65.0 Å². The third-order valence-electron chi connectivity index (χ3n) is 3.90. The standard InChI is InChI=1S/C18H23ClN2/c1-14-4-5-17(12-15(14)2)18(19)13-21(3)11-8-16-6-9-20-10-7-16/h4-7,9-10,12,18H,8,11,13H2,1-3H3. The van der Waals surface area contributed by atoms with E-state index in [0.717, 1.165) is 19.5 Å². The summed E-state index contributed by atoms with van der Waals surface area (Å²) in [5.41, 5.74) is 5.14. The zero-order valence-corrected chi connectivity index (χ0v) is 13.8. The molecule has 0 saturated heterocycles. The molecule has 21 heavy (non-hydrogen) atoms. The zero-order chi connectivity index (χ0) is 15.2. The van der Waals surface area contributed by atoms with E-state index in [1.807, 2.05) is 12.4 Å². The molecule has 0 N–H and O–H groups in total. The fraction of sp³-hybridized carbons (Fsp3) is 0.389. The lowest BCUT2D eigenvalue weighted by Gasteiger charge is -2.21. The second-order valence-corrected chi connectivity index (χ2v) is 6.21. The molecule has 0 fully saturated rings. The highest BCUT2D eigenvalue weighted by Crippen LogP contribution is 2.23. The van der Waals surface area contributed by atoms with Crippen LogP contribution in [-0.2, 0) is 6.42 Å². The Balaban J connectivity index is 1.86. The molecule has 0 aliphatic rings. The van der Waals surface area contributed by atoms with E-state index in [0.29, 0.717) is 0 Å². The molecule has 0 bridgehead atoms. The Morgan fingerprint density at radius 2 is 1.81 bits per heavy atom. The first kappa shape index (κ1) is 16.0. The molecule has 0 amide bonds. The monoisotopic (exact) mass is 302 g/mol. The molecule has 0 saturated carbocycles. The van der Waals surface area contributed by atoms with Crippen molar-refractivity contribution < 1.29 is 0 Å². The van der Waals surface area contributed by atoms with E-state index in [-0.39, 0.29) is 5.38 Å².